The Hall–Kier alpha value is -0.740. The number of benzene rings is 1. The van der Waals surface area contributed by atoms with Crippen molar-refractivity contribution < 1.29 is 9.68 Å². The molecule has 78 valence electrons. The number of aliphatic hydroxyl groups excluding tert-OH is 1. The number of halogens is 1. The molecule has 0 aliphatic heterocycles. The van der Waals surface area contributed by atoms with E-state index in [2.05, 4.69) is 28.7 Å². The number of rotatable bonds is 1. The van der Waals surface area contributed by atoms with Crippen molar-refractivity contribution >= 4 is 39.6 Å². The van der Waals surface area contributed by atoms with Gasteiger partial charge in [-0.25, -0.2) is 0 Å². The molecule has 0 saturated carbocycles. The highest BCUT2D eigenvalue weighted by Gasteiger charge is 2.12. The summed E-state index contributed by atoms with van der Waals surface area (Å²) in [6, 6.07) is 7.61. The van der Waals surface area contributed by atoms with Gasteiger partial charge in [-0.3, -0.25) is 0 Å². The molecular formula is C10H10IN2OS+. The first kappa shape index (κ1) is 12.3. The third kappa shape index (κ3) is 3.39. The van der Waals surface area contributed by atoms with Crippen LogP contribution in [-0.2, 0) is 0 Å². The molecule has 0 aliphatic rings. The summed E-state index contributed by atoms with van der Waals surface area (Å²) in [5.41, 5.74) is 0.578. The SMILES string of the molecule is C[N+](C)=C(O)Sc1cc(I)ccc1C#N. The lowest BCUT2D eigenvalue weighted by Crippen LogP contribution is -2.08. The van der Waals surface area contributed by atoms with E-state index in [1.165, 1.54) is 11.8 Å². The Morgan fingerprint density at radius 2 is 2.20 bits per heavy atom. The van der Waals surface area contributed by atoms with E-state index in [-0.39, 0.29) is 5.23 Å². The number of hydrogen-bond donors (Lipinski definition) is 1. The molecule has 0 aliphatic carbocycles. The first-order valence-electron chi connectivity index (χ1n) is 4.15. The molecule has 0 bridgehead atoms. The maximum Gasteiger partial charge on any atom is 0.402 e. The van der Waals surface area contributed by atoms with Gasteiger partial charge in [0.2, 0.25) is 0 Å². The fraction of sp³-hybridized carbons (Fsp3) is 0.200. The Balaban J connectivity index is 3.09. The highest BCUT2D eigenvalue weighted by Crippen LogP contribution is 2.24. The molecule has 0 spiro atoms. The van der Waals surface area contributed by atoms with Gasteiger partial charge in [0.15, 0.2) is 0 Å². The quantitative estimate of drug-likeness (QED) is 0.282. The molecule has 0 amide bonds. The molecule has 0 fully saturated rings. The van der Waals surface area contributed by atoms with Crippen molar-refractivity contribution in [1.82, 2.24) is 0 Å². The van der Waals surface area contributed by atoms with Crippen LogP contribution in [0, 0.1) is 14.9 Å². The molecule has 0 saturated heterocycles. The first-order valence-corrected chi connectivity index (χ1v) is 6.05. The second-order valence-electron chi connectivity index (χ2n) is 3.03. The predicted octanol–water partition coefficient (Wildman–Crippen LogP) is 2.44. The molecule has 0 heterocycles. The molecule has 0 aromatic heterocycles. The van der Waals surface area contributed by atoms with Crippen molar-refractivity contribution in [2.24, 2.45) is 0 Å². The van der Waals surface area contributed by atoms with Crippen molar-refractivity contribution in [3.63, 3.8) is 0 Å². The molecular weight excluding hydrogens is 323 g/mol. The molecule has 0 unspecified atom stereocenters. The highest BCUT2D eigenvalue weighted by atomic mass is 127. The summed E-state index contributed by atoms with van der Waals surface area (Å²) in [6.07, 6.45) is 0. The maximum absolute atomic E-state index is 9.58. The molecule has 5 heteroatoms. The number of nitriles is 1. The van der Waals surface area contributed by atoms with Gasteiger partial charge in [0, 0.05) is 20.2 Å². The van der Waals surface area contributed by atoms with Gasteiger partial charge in [-0.05, 0) is 40.8 Å². The Morgan fingerprint density at radius 1 is 1.53 bits per heavy atom. The van der Waals surface area contributed by atoms with E-state index in [1.807, 2.05) is 12.1 Å². The Labute approximate surface area is 107 Å². The summed E-state index contributed by atoms with van der Waals surface area (Å²) in [5, 5.41) is 18.6. The number of hydrogen-bond acceptors (Lipinski definition) is 2. The molecule has 1 aromatic rings. The smallest absolute Gasteiger partial charge is 0.402 e. The molecule has 0 radical (unpaired) electrons. The predicted molar refractivity (Wildman–Crippen MR) is 69.5 cm³/mol. The van der Waals surface area contributed by atoms with Crippen molar-refractivity contribution in [2.75, 3.05) is 14.1 Å². The second-order valence-corrected chi connectivity index (χ2v) is 5.29. The summed E-state index contributed by atoms with van der Waals surface area (Å²) < 4.78 is 2.65. The fourth-order valence-electron chi connectivity index (χ4n) is 0.863. The van der Waals surface area contributed by atoms with Crippen LogP contribution in [0.15, 0.2) is 23.1 Å². The third-order valence-corrected chi connectivity index (χ3v) is 3.42. The summed E-state index contributed by atoms with van der Waals surface area (Å²) in [7, 11) is 3.50. The van der Waals surface area contributed by atoms with E-state index in [9.17, 15) is 5.11 Å². The largest absolute Gasteiger partial charge is 0.455 e. The van der Waals surface area contributed by atoms with E-state index in [1.54, 1.807) is 24.7 Å². The standard InChI is InChI=1S/C10H9IN2OS/c1-13(2)10(14)15-9-5-8(11)4-3-7(9)6-12/h3-5H,1-2H3/p+1. The average Bonchev–Trinajstić information content (AvgIpc) is 2.18. The number of nitrogens with zero attached hydrogens (tertiary/aromatic N) is 2. The van der Waals surface area contributed by atoms with Gasteiger partial charge < -0.3 is 5.11 Å². The van der Waals surface area contributed by atoms with Gasteiger partial charge in [-0.15, -0.1) is 0 Å². The molecule has 3 nitrogen and oxygen atoms in total. The van der Waals surface area contributed by atoms with Crippen molar-refractivity contribution in [2.45, 2.75) is 4.90 Å². The van der Waals surface area contributed by atoms with E-state index in [0.29, 0.717) is 5.56 Å². The Kier molecular flexibility index (Phi) is 4.42. The van der Waals surface area contributed by atoms with Crippen LogP contribution >= 0.6 is 34.4 Å². The van der Waals surface area contributed by atoms with Gasteiger partial charge in [-0.1, -0.05) is 0 Å². The van der Waals surface area contributed by atoms with Gasteiger partial charge in [-0.2, -0.15) is 9.84 Å². The lowest BCUT2D eigenvalue weighted by atomic mass is 10.2. The normalized spacial score (nSPS) is 9.47. The molecule has 0 atom stereocenters. The van der Waals surface area contributed by atoms with Crippen LogP contribution in [-0.4, -0.2) is 29.0 Å². The van der Waals surface area contributed by atoms with E-state index >= 15 is 0 Å². The summed E-state index contributed by atoms with van der Waals surface area (Å²) in [5.74, 6) is 0. The minimum atomic E-state index is 0.175. The van der Waals surface area contributed by atoms with E-state index in [0.717, 1.165) is 8.47 Å². The van der Waals surface area contributed by atoms with Crippen molar-refractivity contribution in [3.8, 4) is 6.07 Å². The van der Waals surface area contributed by atoms with Crippen LogP contribution in [0.3, 0.4) is 0 Å². The lowest BCUT2D eigenvalue weighted by molar-refractivity contribution is -0.469. The van der Waals surface area contributed by atoms with Crippen molar-refractivity contribution in [3.05, 3.63) is 27.3 Å². The molecule has 15 heavy (non-hydrogen) atoms. The monoisotopic (exact) mass is 333 g/mol. The highest BCUT2D eigenvalue weighted by molar-refractivity contribution is 14.1. The molecule has 1 N–H and O–H groups in total. The van der Waals surface area contributed by atoms with Crippen molar-refractivity contribution in [1.29, 1.82) is 5.26 Å². The fourth-order valence-corrected chi connectivity index (χ4v) is 2.35. The Morgan fingerprint density at radius 3 is 2.73 bits per heavy atom. The minimum absolute atomic E-state index is 0.175. The number of thioether (sulfide) groups is 1. The van der Waals surface area contributed by atoms with Crippen LogP contribution in [0.1, 0.15) is 5.56 Å². The summed E-state index contributed by atoms with van der Waals surface area (Å²) >= 11 is 3.36. The second kappa shape index (κ2) is 5.37. The van der Waals surface area contributed by atoms with Crippen LogP contribution in [0.25, 0.3) is 0 Å². The Bertz CT molecular complexity index is 447. The van der Waals surface area contributed by atoms with Gasteiger partial charge >= 0.3 is 5.23 Å². The maximum atomic E-state index is 9.58. The van der Waals surface area contributed by atoms with Crippen LogP contribution < -0.4 is 0 Å². The summed E-state index contributed by atoms with van der Waals surface area (Å²) in [4.78, 5) is 0.774. The average molecular weight is 333 g/mol. The third-order valence-electron chi connectivity index (χ3n) is 1.65. The van der Waals surface area contributed by atoms with E-state index < -0.39 is 0 Å². The van der Waals surface area contributed by atoms with E-state index in [4.69, 9.17) is 5.26 Å². The van der Waals surface area contributed by atoms with Gasteiger partial charge in [0.25, 0.3) is 0 Å². The molecule has 1 rings (SSSR count). The molecule has 1 aromatic carbocycles. The van der Waals surface area contributed by atoms with Crippen LogP contribution in [0.2, 0.25) is 0 Å². The van der Waals surface area contributed by atoms with Crippen LogP contribution in [0.5, 0.6) is 0 Å². The van der Waals surface area contributed by atoms with Gasteiger partial charge in [0.1, 0.15) is 20.2 Å². The zero-order chi connectivity index (χ0) is 11.4. The number of aliphatic hydroxyl groups is 1. The zero-order valence-electron chi connectivity index (χ0n) is 8.36. The topological polar surface area (TPSA) is 47.0 Å². The lowest BCUT2D eigenvalue weighted by Gasteiger charge is -2.01. The van der Waals surface area contributed by atoms with Crippen LogP contribution in [0.4, 0.5) is 0 Å². The zero-order valence-corrected chi connectivity index (χ0v) is 11.3. The van der Waals surface area contributed by atoms with Gasteiger partial charge in [0.05, 0.1) is 5.56 Å². The minimum Gasteiger partial charge on any atom is -0.455 e. The first-order chi connectivity index (χ1) is 7.04. The summed E-state index contributed by atoms with van der Waals surface area (Å²) in [6.45, 7) is 0.